The Hall–Kier alpha value is -2.10. The molecule has 0 bridgehead atoms. The molecule has 0 aliphatic carbocycles. The Morgan fingerprint density at radius 1 is 1.37 bits per heavy atom. The lowest BCUT2D eigenvalue weighted by Crippen LogP contribution is -2.28. The van der Waals surface area contributed by atoms with Crippen molar-refractivity contribution in [3.63, 3.8) is 0 Å². The van der Waals surface area contributed by atoms with E-state index >= 15 is 0 Å². The minimum absolute atomic E-state index is 0.0476. The summed E-state index contributed by atoms with van der Waals surface area (Å²) < 4.78 is 5.86. The van der Waals surface area contributed by atoms with Gasteiger partial charge >= 0.3 is 0 Å². The van der Waals surface area contributed by atoms with Crippen molar-refractivity contribution in [2.45, 2.75) is 25.9 Å². The summed E-state index contributed by atoms with van der Waals surface area (Å²) in [6, 6.07) is 7.94. The third-order valence-electron chi connectivity index (χ3n) is 2.99. The van der Waals surface area contributed by atoms with Crippen LogP contribution in [0.1, 0.15) is 18.4 Å². The number of hydrogen-bond acceptors (Lipinski definition) is 3. The van der Waals surface area contributed by atoms with Crippen LogP contribution in [0, 0.1) is 6.92 Å². The van der Waals surface area contributed by atoms with E-state index in [1.807, 2.05) is 37.3 Å². The first kappa shape index (κ1) is 13.3. The molecule has 0 radical (unpaired) electrons. The molecule has 1 aliphatic heterocycles. The summed E-state index contributed by atoms with van der Waals surface area (Å²) in [6.07, 6.45) is 4.85. The molecule has 0 aromatic heterocycles. The average molecular weight is 258 g/mol. The van der Waals surface area contributed by atoms with Gasteiger partial charge in [0.25, 0.3) is 5.91 Å². The van der Waals surface area contributed by atoms with Crippen LogP contribution in [-0.4, -0.2) is 24.8 Å². The van der Waals surface area contributed by atoms with Crippen molar-refractivity contribution in [2.24, 2.45) is 4.99 Å². The molecule has 0 spiro atoms. The molecule has 100 valence electrons. The van der Waals surface area contributed by atoms with Gasteiger partial charge in [-0.15, -0.1) is 0 Å². The van der Waals surface area contributed by atoms with E-state index in [4.69, 9.17) is 4.74 Å². The molecule has 1 aromatic carbocycles. The van der Waals surface area contributed by atoms with Crippen LogP contribution in [-0.2, 0) is 4.79 Å². The quantitative estimate of drug-likeness (QED) is 0.904. The fraction of sp³-hybridized carbons (Fsp3) is 0.333. The number of aliphatic imine (C=N–C) groups is 1. The summed E-state index contributed by atoms with van der Waals surface area (Å²) in [6.45, 7) is 2.04. The van der Waals surface area contributed by atoms with E-state index < -0.39 is 0 Å². The highest BCUT2D eigenvalue weighted by atomic mass is 16.5. The third kappa shape index (κ3) is 3.68. The molecule has 1 heterocycles. The van der Waals surface area contributed by atoms with E-state index in [9.17, 15) is 4.79 Å². The van der Waals surface area contributed by atoms with Crippen LogP contribution in [0.2, 0.25) is 0 Å². The van der Waals surface area contributed by atoms with Crippen molar-refractivity contribution in [3.05, 3.63) is 42.1 Å². The number of ether oxygens (including phenoxy) is 1. The number of nitrogens with zero attached hydrogens (tertiary/aromatic N) is 1. The van der Waals surface area contributed by atoms with Crippen LogP contribution in [0.25, 0.3) is 0 Å². The Morgan fingerprint density at radius 3 is 2.79 bits per heavy atom. The minimum Gasteiger partial charge on any atom is -0.486 e. The molecule has 1 aromatic rings. The van der Waals surface area contributed by atoms with Gasteiger partial charge in [-0.2, -0.15) is 0 Å². The highest BCUT2D eigenvalue weighted by Gasteiger charge is 2.16. The Morgan fingerprint density at radius 2 is 2.11 bits per heavy atom. The molecule has 4 nitrogen and oxygen atoms in total. The highest BCUT2D eigenvalue weighted by molar-refractivity contribution is 6.39. The molecule has 1 unspecified atom stereocenters. The van der Waals surface area contributed by atoms with Crippen LogP contribution in [0.15, 0.2) is 41.5 Å². The number of carbonyl (C=O) groups is 1. The number of amides is 1. The number of nitrogens with one attached hydrogen (secondary N) is 1. The van der Waals surface area contributed by atoms with Crippen LogP contribution in [0.3, 0.4) is 0 Å². The average Bonchev–Trinajstić information content (AvgIpc) is 2.66. The number of rotatable bonds is 3. The van der Waals surface area contributed by atoms with E-state index in [1.54, 1.807) is 13.2 Å². The molecule has 0 saturated heterocycles. The lowest BCUT2D eigenvalue weighted by atomic mass is 10.1. The molecular weight excluding hydrogens is 240 g/mol. The maximum Gasteiger partial charge on any atom is 0.265 e. The fourth-order valence-electron chi connectivity index (χ4n) is 1.88. The number of benzene rings is 1. The van der Waals surface area contributed by atoms with Crippen LogP contribution < -0.4 is 10.1 Å². The Balaban J connectivity index is 1.95. The van der Waals surface area contributed by atoms with Crippen molar-refractivity contribution < 1.29 is 9.53 Å². The predicted octanol–water partition coefficient (Wildman–Crippen LogP) is 2.24. The zero-order chi connectivity index (χ0) is 13.7. The van der Waals surface area contributed by atoms with E-state index in [0.29, 0.717) is 12.1 Å². The molecule has 2 rings (SSSR count). The summed E-state index contributed by atoms with van der Waals surface area (Å²) in [5.74, 6) is 0.712. The van der Waals surface area contributed by atoms with Gasteiger partial charge in [-0.05, 0) is 38.0 Å². The van der Waals surface area contributed by atoms with E-state index in [0.717, 1.165) is 12.2 Å². The Labute approximate surface area is 113 Å². The van der Waals surface area contributed by atoms with Crippen LogP contribution in [0.5, 0.6) is 5.75 Å². The molecule has 1 N–H and O–H groups in total. The van der Waals surface area contributed by atoms with Crippen molar-refractivity contribution in [1.29, 1.82) is 0 Å². The predicted molar refractivity (Wildman–Crippen MR) is 75.5 cm³/mol. The van der Waals surface area contributed by atoms with Gasteiger partial charge in [0.2, 0.25) is 0 Å². The van der Waals surface area contributed by atoms with E-state index in [2.05, 4.69) is 10.3 Å². The van der Waals surface area contributed by atoms with Crippen molar-refractivity contribution in [1.82, 2.24) is 5.32 Å². The van der Waals surface area contributed by atoms with E-state index in [1.165, 1.54) is 5.56 Å². The van der Waals surface area contributed by atoms with Gasteiger partial charge in [0, 0.05) is 13.2 Å². The first-order chi connectivity index (χ1) is 9.19. The van der Waals surface area contributed by atoms with Gasteiger partial charge in [0.15, 0.2) is 0 Å². The molecule has 4 heteroatoms. The number of hydrogen-bond donors (Lipinski definition) is 1. The second-order valence-corrected chi connectivity index (χ2v) is 4.50. The van der Waals surface area contributed by atoms with Gasteiger partial charge in [0.05, 0.1) is 0 Å². The summed E-state index contributed by atoms with van der Waals surface area (Å²) >= 11 is 0. The second-order valence-electron chi connectivity index (χ2n) is 4.50. The lowest BCUT2D eigenvalue weighted by molar-refractivity contribution is -0.114. The largest absolute Gasteiger partial charge is 0.486 e. The van der Waals surface area contributed by atoms with Gasteiger partial charge in [0.1, 0.15) is 17.6 Å². The normalized spacial score (nSPS) is 18.4. The first-order valence-electron chi connectivity index (χ1n) is 6.38. The molecule has 1 amide bonds. The monoisotopic (exact) mass is 258 g/mol. The molecule has 0 fully saturated rings. The zero-order valence-corrected chi connectivity index (χ0v) is 11.2. The van der Waals surface area contributed by atoms with Crippen molar-refractivity contribution >= 4 is 11.6 Å². The summed E-state index contributed by atoms with van der Waals surface area (Å²) in [7, 11) is 1.61. The first-order valence-corrected chi connectivity index (χ1v) is 6.38. The van der Waals surface area contributed by atoms with Crippen LogP contribution >= 0.6 is 0 Å². The molecular formula is C15H18N2O2. The Kier molecular flexibility index (Phi) is 4.34. The van der Waals surface area contributed by atoms with Crippen molar-refractivity contribution in [3.8, 4) is 5.75 Å². The standard InChI is InChI=1S/C15H18N2O2/c1-11-3-5-12(6-4-11)19-13-7-8-14(15(18)16-2)17-10-9-13/h3-6,9-10,13H,7-8H2,1-2H3,(H,16,18). The third-order valence-corrected chi connectivity index (χ3v) is 2.99. The second kappa shape index (κ2) is 6.18. The highest BCUT2D eigenvalue weighted by Crippen LogP contribution is 2.17. The van der Waals surface area contributed by atoms with Gasteiger partial charge < -0.3 is 10.1 Å². The maximum absolute atomic E-state index is 11.5. The molecule has 1 atom stereocenters. The molecule has 1 aliphatic rings. The SMILES string of the molecule is CNC(=O)C1=NC=CC(Oc2ccc(C)cc2)CC1. The molecule has 19 heavy (non-hydrogen) atoms. The van der Waals surface area contributed by atoms with Crippen LogP contribution in [0.4, 0.5) is 0 Å². The Bertz CT molecular complexity index is 503. The number of aryl methyl sites for hydroxylation is 1. The van der Waals surface area contributed by atoms with Gasteiger partial charge in [-0.3, -0.25) is 9.79 Å². The lowest BCUT2D eigenvalue weighted by Gasteiger charge is -2.14. The van der Waals surface area contributed by atoms with E-state index in [-0.39, 0.29) is 12.0 Å². The topological polar surface area (TPSA) is 50.7 Å². The van der Waals surface area contributed by atoms with Gasteiger partial charge in [-0.1, -0.05) is 17.7 Å². The van der Waals surface area contributed by atoms with Crippen molar-refractivity contribution in [2.75, 3.05) is 7.05 Å². The molecule has 0 saturated carbocycles. The number of carbonyl (C=O) groups excluding carboxylic acids is 1. The summed E-state index contributed by atoms with van der Waals surface area (Å²) in [5, 5.41) is 2.59. The smallest absolute Gasteiger partial charge is 0.265 e. The summed E-state index contributed by atoms with van der Waals surface area (Å²) in [5.41, 5.74) is 1.75. The maximum atomic E-state index is 11.5. The summed E-state index contributed by atoms with van der Waals surface area (Å²) in [4.78, 5) is 15.6. The fourth-order valence-corrected chi connectivity index (χ4v) is 1.88. The van der Waals surface area contributed by atoms with Gasteiger partial charge in [-0.25, -0.2) is 0 Å². The zero-order valence-electron chi connectivity index (χ0n) is 11.2. The minimum atomic E-state index is -0.124.